The first kappa shape index (κ1) is 12.7. The van der Waals surface area contributed by atoms with Crippen LogP contribution in [0.5, 0.6) is 0 Å². The Kier molecular flexibility index (Phi) is 3.74. The third-order valence-electron chi connectivity index (χ3n) is 2.63. The molecule has 4 nitrogen and oxygen atoms in total. The van der Waals surface area contributed by atoms with Crippen molar-refractivity contribution in [1.82, 2.24) is 4.31 Å². The molecule has 0 aliphatic carbocycles. The molecule has 0 fully saturated rings. The van der Waals surface area contributed by atoms with E-state index in [4.69, 9.17) is 0 Å². The van der Waals surface area contributed by atoms with Gasteiger partial charge in [0.2, 0.25) is 10.0 Å². The molecule has 0 aliphatic heterocycles. The average molecular weight is 263 g/mol. The van der Waals surface area contributed by atoms with E-state index in [9.17, 15) is 8.42 Å². The van der Waals surface area contributed by atoms with E-state index in [1.807, 2.05) is 30.3 Å². The van der Waals surface area contributed by atoms with Gasteiger partial charge >= 0.3 is 0 Å². The summed E-state index contributed by atoms with van der Waals surface area (Å²) in [5.41, 5.74) is 0.962. The Bertz CT molecular complexity index is 597. The van der Waals surface area contributed by atoms with Gasteiger partial charge in [-0.1, -0.05) is 30.3 Å². The Morgan fingerprint density at radius 1 is 1.11 bits per heavy atom. The maximum Gasteiger partial charge on any atom is 0.249 e. The van der Waals surface area contributed by atoms with E-state index in [0.29, 0.717) is 6.54 Å². The van der Waals surface area contributed by atoms with Crippen LogP contribution >= 0.6 is 0 Å². The zero-order valence-electron chi connectivity index (χ0n) is 10.1. The summed E-state index contributed by atoms with van der Waals surface area (Å²) in [6.07, 6.45) is 3.16. The molecule has 94 valence electrons. The van der Waals surface area contributed by atoms with Crippen molar-refractivity contribution >= 4 is 10.0 Å². The van der Waals surface area contributed by atoms with Crippen molar-refractivity contribution in [3.05, 3.63) is 60.4 Å². The highest BCUT2D eigenvalue weighted by molar-refractivity contribution is 7.89. The van der Waals surface area contributed by atoms with Crippen LogP contribution in [0.3, 0.4) is 0 Å². The van der Waals surface area contributed by atoms with E-state index >= 15 is 0 Å². The number of rotatable bonds is 4. The summed E-state index contributed by atoms with van der Waals surface area (Å²) in [6, 6.07) is 12.8. The molecule has 0 amide bonds. The first-order valence-electron chi connectivity index (χ1n) is 5.57. The lowest BCUT2D eigenvalue weighted by atomic mass is 10.2. The summed E-state index contributed by atoms with van der Waals surface area (Å²) in [5, 5.41) is 0. The highest BCUT2D eigenvalue weighted by Gasteiger charge is 2.22. The van der Waals surface area contributed by atoms with Crippen molar-refractivity contribution in [1.29, 1.82) is 0 Å². The predicted molar refractivity (Wildman–Crippen MR) is 68.1 cm³/mol. The lowest BCUT2D eigenvalue weighted by Gasteiger charge is -2.16. The second-order valence-corrected chi connectivity index (χ2v) is 6.03. The van der Waals surface area contributed by atoms with Gasteiger partial charge in [0.05, 0.1) is 0 Å². The number of nitrogens with zero attached hydrogens (tertiary/aromatic N) is 1. The van der Waals surface area contributed by atoms with Crippen molar-refractivity contribution in [2.75, 3.05) is 7.05 Å². The molecule has 2 rings (SSSR count). The number of pyridine rings is 1. The molecule has 18 heavy (non-hydrogen) atoms. The smallest absolute Gasteiger partial charge is 0.217 e. The van der Waals surface area contributed by atoms with Crippen LogP contribution in [-0.4, -0.2) is 19.8 Å². The quantitative estimate of drug-likeness (QED) is 0.835. The van der Waals surface area contributed by atoms with Crippen molar-refractivity contribution < 1.29 is 13.4 Å². The molecule has 0 atom stereocenters. The van der Waals surface area contributed by atoms with E-state index in [2.05, 4.69) is 4.98 Å². The number of hydrogen-bond donors (Lipinski definition) is 0. The Hall–Kier alpha value is -1.72. The van der Waals surface area contributed by atoms with Crippen LogP contribution in [0.1, 0.15) is 5.56 Å². The second kappa shape index (κ2) is 5.29. The van der Waals surface area contributed by atoms with Crippen molar-refractivity contribution in [2.45, 2.75) is 11.4 Å². The topological polar surface area (TPSA) is 51.5 Å². The van der Waals surface area contributed by atoms with Crippen LogP contribution in [0.25, 0.3) is 0 Å². The Balaban J connectivity index is 2.21. The van der Waals surface area contributed by atoms with Crippen LogP contribution in [0.15, 0.2) is 59.8 Å². The van der Waals surface area contributed by atoms with Gasteiger partial charge in [-0.15, -0.1) is 0 Å². The first-order chi connectivity index (χ1) is 8.60. The summed E-state index contributed by atoms with van der Waals surface area (Å²) in [5.74, 6) is 0. The summed E-state index contributed by atoms with van der Waals surface area (Å²) < 4.78 is 25.8. The van der Waals surface area contributed by atoms with Gasteiger partial charge in [-0.3, -0.25) is 0 Å². The standard InChI is InChI=1S/C13H14N2O2S/c1-15(11-12-6-3-2-4-7-12)18(16,17)13-8-5-9-14-10-13/h2-10H,11H2,1H3/p+1. The van der Waals surface area contributed by atoms with E-state index in [0.717, 1.165) is 5.56 Å². The van der Waals surface area contributed by atoms with Crippen LogP contribution < -0.4 is 4.98 Å². The predicted octanol–water partition coefficient (Wildman–Crippen LogP) is 1.32. The molecule has 1 heterocycles. The van der Waals surface area contributed by atoms with Crippen molar-refractivity contribution in [2.24, 2.45) is 0 Å². The highest BCUT2D eigenvalue weighted by atomic mass is 32.2. The molecule has 1 N–H and O–H groups in total. The molecule has 0 aliphatic rings. The number of aromatic nitrogens is 1. The number of sulfonamides is 1. The molecule has 2 aromatic rings. The minimum Gasteiger partial charge on any atom is -0.217 e. The molecule has 0 saturated carbocycles. The molecule has 0 spiro atoms. The molecule has 0 bridgehead atoms. The lowest BCUT2D eigenvalue weighted by molar-refractivity contribution is -0.381. The maximum atomic E-state index is 12.2. The monoisotopic (exact) mass is 263 g/mol. The third-order valence-corrected chi connectivity index (χ3v) is 4.43. The molecule has 5 heteroatoms. The Labute approximate surface area is 107 Å². The molecule has 0 saturated heterocycles. The zero-order chi connectivity index (χ0) is 13.0. The van der Waals surface area contributed by atoms with Gasteiger partial charge in [0.25, 0.3) is 0 Å². The fourth-order valence-electron chi connectivity index (χ4n) is 1.64. The second-order valence-electron chi connectivity index (χ2n) is 3.99. The van der Waals surface area contributed by atoms with Crippen LogP contribution in [0.2, 0.25) is 0 Å². The lowest BCUT2D eigenvalue weighted by Crippen LogP contribution is -2.27. The van der Waals surface area contributed by atoms with Gasteiger partial charge in [-0.05, 0) is 11.6 Å². The van der Waals surface area contributed by atoms with Crippen LogP contribution in [-0.2, 0) is 16.6 Å². The molecular formula is C13H15N2O2S+. The number of nitrogens with one attached hydrogen (secondary N) is 1. The summed E-state index contributed by atoms with van der Waals surface area (Å²) in [7, 11) is -1.86. The molecule has 0 unspecified atom stereocenters. The molecule has 0 radical (unpaired) electrons. The SMILES string of the molecule is CN(Cc1ccccc1)S(=O)(=O)c1ccc[nH+]c1. The van der Waals surface area contributed by atoms with Crippen LogP contribution in [0.4, 0.5) is 0 Å². The normalized spacial score (nSPS) is 11.7. The van der Waals surface area contributed by atoms with E-state index in [-0.39, 0.29) is 4.90 Å². The van der Waals surface area contributed by atoms with Gasteiger partial charge in [0.15, 0.2) is 12.4 Å². The summed E-state index contributed by atoms with van der Waals surface area (Å²) in [6.45, 7) is 0.359. The highest BCUT2D eigenvalue weighted by Crippen LogP contribution is 2.14. The first-order valence-corrected chi connectivity index (χ1v) is 7.01. The maximum absolute atomic E-state index is 12.2. The largest absolute Gasteiger partial charge is 0.249 e. The minimum atomic E-state index is -3.44. The van der Waals surface area contributed by atoms with Gasteiger partial charge in [0, 0.05) is 19.7 Å². The number of hydrogen-bond acceptors (Lipinski definition) is 2. The molecule has 1 aromatic carbocycles. The fourth-order valence-corrected chi connectivity index (χ4v) is 2.79. The van der Waals surface area contributed by atoms with Gasteiger partial charge < -0.3 is 0 Å². The number of aromatic amines is 1. The van der Waals surface area contributed by atoms with E-state index in [1.54, 1.807) is 25.4 Å². The average Bonchev–Trinajstić information content (AvgIpc) is 2.41. The zero-order valence-corrected chi connectivity index (χ0v) is 10.9. The summed E-state index contributed by atoms with van der Waals surface area (Å²) in [4.78, 5) is 3.05. The summed E-state index contributed by atoms with van der Waals surface area (Å²) >= 11 is 0. The Morgan fingerprint density at radius 2 is 1.83 bits per heavy atom. The van der Waals surface area contributed by atoms with Crippen LogP contribution in [0, 0.1) is 0 Å². The Morgan fingerprint density at radius 3 is 2.44 bits per heavy atom. The minimum absolute atomic E-state index is 0.267. The van der Waals surface area contributed by atoms with Gasteiger partial charge in [0.1, 0.15) is 4.90 Å². The number of benzene rings is 1. The molecule has 1 aromatic heterocycles. The fraction of sp³-hybridized carbons (Fsp3) is 0.154. The van der Waals surface area contributed by atoms with Crippen molar-refractivity contribution in [3.63, 3.8) is 0 Å². The molecular weight excluding hydrogens is 248 g/mol. The van der Waals surface area contributed by atoms with Crippen molar-refractivity contribution in [3.8, 4) is 0 Å². The van der Waals surface area contributed by atoms with Gasteiger partial charge in [-0.2, -0.15) is 4.31 Å². The van der Waals surface area contributed by atoms with E-state index in [1.165, 1.54) is 10.5 Å². The van der Waals surface area contributed by atoms with E-state index < -0.39 is 10.0 Å². The number of H-pyrrole nitrogens is 1. The third kappa shape index (κ3) is 2.75. The van der Waals surface area contributed by atoms with Gasteiger partial charge in [-0.25, -0.2) is 13.4 Å².